The Balaban J connectivity index is 1.10. The minimum Gasteiger partial charge on any atom is -0.311 e. The fraction of sp³-hybridized carbons (Fsp3) is 0.100. The number of benzene rings is 9. The highest BCUT2D eigenvalue weighted by Crippen LogP contribution is 2.53. The Morgan fingerprint density at radius 1 is 0.344 bits per heavy atom. The van der Waals surface area contributed by atoms with E-state index in [2.05, 4.69) is 238 Å². The molecule has 0 saturated heterocycles. The van der Waals surface area contributed by atoms with Crippen molar-refractivity contribution in [1.29, 1.82) is 0 Å². The van der Waals surface area contributed by atoms with Gasteiger partial charge in [0.15, 0.2) is 8.07 Å². The first-order chi connectivity index (χ1) is 31.3. The molecule has 0 aromatic heterocycles. The Morgan fingerprint density at radius 2 is 0.719 bits per heavy atom. The van der Waals surface area contributed by atoms with Gasteiger partial charge in [-0.05, 0) is 130 Å². The van der Waals surface area contributed by atoms with E-state index in [-0.39, 0.29) is 17.5 Å². The van der Waals surface area contributed by atoms with E-state index >= 15 is 0 Å². The second kappa shape index (κ2) is 12.5. The molecule has 5 aliphatic rings. The summed E-state index contributed by atoms with van der Waals surface area (Å²) in [7, 11) is -2.94. The Hall–Kier alpha value is -7.14. The lowest BCUT2D eigenvalue weighted by molar-refractivity contribution is 0.660. The third kappa shape index (κ3) is 4.37. The van der Waals surface area contributed by atoms with Crippen molar-refractivity contribution >= 4 is 86.0 Å². The highest BCUT2D eigenvalue weighted by atomic mass is 28.3. The van der Waals surface area contributed by atoms with Crippen LogP contribution in [0.5, 0.6) is 0 Å². The van der Waals surface area contributed by atoms with Crippen molar-refractivity contribution in [2.45, 2.75) is 38.5 Å². The van der Waals surface area contributed by atoms with Crippen molar-refractivity contribution in [3.63, 3.8) is 0 Å². The van der Waals surface area contributed by atoms with Crippen LogP contribution in [0.25, 0.3) is 22.3 Å². The number of nitrogens with zero attached hydrogens (tertiary/aromatic N) is 2. The smallest absolute Gasteiger partial charge is 0.251 e. The van der Waals surface area contributed by atoms with E-state index in [1.165, 1.54) is 116 Å². The van der Waals surface area contributed by atoms with Crippen LogP contribution in [0, 0.1) is 0 Å². The van der Waals surface area contributed by atoms with Crippen molar-refractivity contribution in [3.05, 3.63) is 222 Å². The van der Waals surface area contributed by atoms with Crippen LogP contribution in [-0.4, -0.2) is 14.8 Å². The van der Waals surface area contributed by atoms with Gasteiger partial charge in [-0.15, -0.1) is 0 Å². The predicted molar refractivity (Wildman–Crippen MR) is 273 cm³/mol. The summed E-state index contributed by atoms with van der Waals surface area (Å²) in [6.07, 6.45) is 0. The zero-order valence-corrected chi connectivity index (χ0v) is 37.5. The average Bonchev–Trinajstić information content (AvgIpc) is 3.71. The van der Waals surface area contributed by atoms with Crippen LogP contribution in [0.4, 0.5) is 34.1 Å². The van der Waals surface area contributed by atoms with Crippen LogP contribution < -0.4 is 46.9 Å². The third-order valence-electron chi connectivity index (χ3n) is 15.9. The maximum Gasteiger partial charge on any atom is 0.251 e. The molecule has 64 heavy (non-hydrogen) atoms. The molecule has 0 spiro atoms. The molecule has 0 amide bonds. The highest BCUT2D eigenvalue weighted by Gasteiger charge is 2.56. The quantitative estimate of drug-likeness (QED) is 0.163. The summed E-state index contributed by atoms with van der Waals surface area (Å²) >= 11 is 0. The van der Waals surface area contributed by atoms with Crippen LogP contribution in [0.1, 0.15) is 49.9 Å². The van der Waals surface area contributed by atoms with Crippen molar-refractivity contribution in [3.8, 4) is 22.3 Å². The lowest BCUT2D eigenvalue weighted by atomic mass is 9.33. The lowest BCUT2D eigenvalue weighted by Gasteiger charge is -2.51. The molecule has 3 heterocycles. The molecule has 3 aliphatic heterocycles. The van der Waals surface area contributed by atoms with Gasteiger partial charge in [0, 0.05) is 45.0 Å². The lowest BCUT2D eigenvalue weighted by Crippen LogP contribution is -2.88. The summed E-state index contributed by atoms with van der Waals surface area (Å²) in [5.41, 5.74) is 22.5. The van der Waals surface area contributed by atoms with Gasteiger partial charge in [-0.2, -0.15) is 0 Å². The summed E-state index contributed by atoms with van der Waals surface area (Å²) in [6.45, 7) is 9.65. The van der Waals surface area contributed by atoms with Crippen LogP contribution in [0.2, 0.25) is 0 Å². The van der Waals surface area contributed by atoms with Crippen molar-refractivity contribution in [1.82, 2.24) is 0 Å². The van der Waals surface area contributed by atoms with Gasteiger partial charge in [0.2, 0.25) is 0 Å². The van der Waals surface area contributed by atoms with E-state index in [4.69, 9.17) is 0 Å². The molecule has 0 unspecified atom stereocenters. The number of hydrogen-bond acceptors (Lipinski definition) is 2. The molecule has 2 nitrogen and oxygen atoms in total. The third-order valence-corrected chi connectivity index (χ3v) is 20.8. The first-order valence-electron chi connectivity index (χ1n) is 22.9. The van der Waals surface area contributed by atoms with Gasteiger partial charge in [0.05, 0.1) is 0 Å². The zero-order valence-electron chi connectivity index (χ0n) is 36.5. The highest BCUT2D eigenvalue weighted by molar-refractivity contribution is 7.27. The van der Waals surface area contributed by atoms with Gasteiger partial charge in [-0.3, -0.25) is 0 Å². The molecule has 302 valence electrons. The SMILES string of the molecule is CC1(C)c2ccccc2-c2ccc(N3c4cccc5c4B4c6c3cccc6[Si](c3ccccc3)(c3ccccc3)c3cccc(c34)N5c3ccc4c(c3)C(C)(C)c3ccccc3-4)cc21. The van der Waals surface area contributed by atoms with Crippen LogP contribution in [0.15, 0.2) is 200 Å². The van der Waals surface area contributed by atoms with Crippen LogP contribution in [0.3, 0.4) is 0 Å². The van der Waals surface area contributed by atoms with E-state index in [0.29, 0.717) is 0 Å². The number of anilines is 6. The normalized spacial score (nSPS) is 16.4. The Bertz CT molecular complexity index is 3250. The Kier molecular flexibility index (Phi) is 7.11. The van der Waals surface area contributed by atoms with Gasteiger partial charge in [-0.25, -0.2) is 0 Å². The molecule has 0 saturated carbocycles. The van der Waals surface area contributed by atoms with Gasteiger partial charge in [0.1, 0.15) is 0 Å². The van der Waals surface area contributed by atoms with E-state index < -0.39 is 8.07 Å². The minimum absolute atomic E-state index is 0.0643. The number of fused-ring (bicyclic) bond motifs is 6. The molecule has 0 N–H and O–H groups in total. The molecule has 4 heteroatoms. The zero-order chi connectivity index (χ0) is 42.7. The largest absolute Gasteiger partial charge is 0.311 e. The standard InChI is InChI=1S/C60H45BN2Si/c1-59(2)46-24-13-11-22-42(46)44-34-32-38(36-48(44)59)62-50-26-15-27-51-56(50)61-57-52(62)28-16-30-54(57)64(40-18-7-5-8-19-40,41-20-9-6-10-21-41)55-31-17-29-53(58(55)61)63(51)39-33-35-45-43-23-12-14-25-47(43)60(3,4)49(45)37-39/h5-37H,1-4H3. The van der Waals surface area contributed by atoms with E-state index in [0.717, 1.165) is 0 Å². The topological polar surface area (TPSA) is 6.48 Å². The van der Waals surface area contributed by atoms with Gasteiger partial charge in [0.25, 0.3) is 6.71 Å². The molecule has 0 atom stereocenters. The first-order valence-corrected chi connectivity index (χ1v) is 24.9. The van der Waals surface area contributed by atoms with Crippen LogP contribution in [-0.2, 0) is 10.8 Å². The van der Waals surface area contributed by atoms with Crippen molar-refractivity contribution < 1.29 is 0 Å². The Labute approximate surface area is 377 Å². The molecule has 0 fully saturated rings. The first kappa shape index (κ1) is 36.4. The summed E-state index contributed by atoms with van der Waals surface area (Å²) < 4.78 is 0. The van der Waals surface area contributed by atoms with Gasteiger partial charge in [-0.1, -0.05) is 179 Å². The number of rotatable bonds is 4. The van der Waals surface area contributed by atoms with E-state index in [1.807, 2.05) is 0 Å². The second-order valence-electron chi connectivity index (χ2n) is 19.6. The van der Waals surface area contributed by atoms with Crippen molar-refractivity contribution in [2.75, 3.05) is 9.80 Å². The molecule has 0 bridgehead atoms. The molecular weight excluding hydrogens is 788 g/mol. The van der Waals surface area contributed by atoms with Crippen molar-refractivity contribution in [2.24, 2.45) is 0 Å². The fourth-order valence-corrected chi connectivity index (χ4v) is 18.5. The van der Waals surface area contributed by atoms with Crippen LogP contribution >= 0.6 is 0 Å². The monoisotopic (exact) mass is 832 g/mol. The number of hydrogen-bond donors (Lipinski definition) is 0. The van der Waals surface area contributed by atoms with Gasteiger partial charge >= 0.3 is 0 Å². The molecule has 14 rings (SSSR count). The maximum atomic E-state index is 2.63. The average molecular weight is 833 g/mol. The fourth-order valence-electron chi connectivity index (χ4n) is 13.2. The Morgan fingerprint density at radius 3 is 1.17 bits per heavy atom. The minimum atomic E-state index is -2.94. The summed E-state index contributed by atoms with van der Waals surface area (Å²) in [6, 6.07) is 77.2. The summed E-state index contributed by atoms with van der Waals surface area (Å²) in [4.78, 5) is 5.25. The van der Waals surface area contributed by atoms with E-state index in [1.54, 1.807) is 0 Å². The molecule has 9 aromatic rings. The predicted octanol–water partition coefficient (Wildman–Crippen LogP) is 10.1. The summed E-state index contributed by atoms with van der Waals surface area (Å²) in [5.74, 6) is 0. The molecular formula is C60H45BN2Si. The van der Waals surface area contributed by atoms with Gasteiger partial charge < -0.3 is 9.80 Å². The maximum absolute atomic E-state index is 2.94. The molecule has 0 radical (unpaired) electrons. The van der Waals surface area contributed by atoms with E-state index in [9.17, 15) is 0 Å². The molecule has 9 aromatic carbocycles. The second-order valence-corrected chi connectivity index (χ2v) is 23.3. The molecule has 2 aliphatic carbocycles. The summed E-state index contributed by atoms with van der Waals surface area (Å²) in [5, 5.41) is 5.81.